The van der Waals surface area contributed by atoms with Crippen LogP contribution in [0.3, 0.4) is 0 Å². The number of fused-ring (bicyclic) bond motifs is 1. The van der Waals surface area contributed by atoms with E-state index < -0.39 is 5.60 Å². The molecule has 0 aliphatic heterocycles. The number of hydrogen-bond acceptors (Lipinski definition) is 9. The Morgan fingerprint density at radius 2 is 2.14 bits per heavy atom. The van der Waals surface area contributed by atoms with Gasteiger partial charge in [-0.1, -0.05) is 12.8 Å². The first kappa shape index (κ1) is 20.6. The molecular formula is C19H25N7O3. The van der Waals surface area contributed by atoms with E-state index in [1.54, 1.807) is 20.0 Å². The molecule has 1 atom stereocenters. The molecule has 3 aromatic rings. The van der Waals surface area contributed by atoms with E-state index in [0.29, 0.717) is 53.7 Å². The third-order valence-corrected chi connectivity index (χ3v) is 4.19. The summed E-state index contributed by atoms with van der Waals surface area (Å²) in [6.45, 7) is 8.65. The molecule has 0 aromatic carbocycles. The first-order valence-corrected chi connectivity index (χ1v) is 9.31. The van der Waals surface area contributed by atoms with Gasteiger partial charge in [-0.25, -0.2) is 14.6 Å². The standard InChI is InChI=1S/C19H25N7O3/c1-5-26-16-13(28-10-11(2)8-20)9-22-12(6-7-19(3,4)27)14(16)23-18(26)15-17(21)25-29-24-15/h9,11,27H,5,8,10,20H2,1-4H3,(H2,21,25)/t11-/m0/s1. The van der Waals surface area contributed by atoms with E-state index >= 15 is 0 Å². The molecule has 0 fully saturated rings. The van der Waals surface area contributed by atoms with Crippen LogP contribution in [0.5, 0.6) is 5.75 Å². The van der Waals surface area contributed by atoms with Crippen molar-refractivity contribution in [2.75, 3.05) is 18.9 Å². The zero-order chi connectivity index (χ0) is 21.2. The first-order valence-electron chi connectivity index (χ1n) is 9.31. The lowest BCUT2D eigenvalue weighted by Gasteiger charge is -2.13. The van der Waals surface area contributed by atoms with Gasteiger partial charge in [-0.3, -0.25) is 0 Å². The van der Waals surface area contributed by atoms with E-state index in [2.05, 4.69) is 32.1 Å². The average molecular weight is 399 g/mol. The minimum Gasteiger partial charge on any atom is -0.489 e. The number of aryl methyl sites for hydroxylation is 1. The van der Waals surface area contributed by atoms with Crippen LogP contribution in [0.25, 0.3) is 22.6 Å². The zero-order valence-electron chi connectivity index (χ0n) is 16.9. The highest BCUT2D eigenvalue weighted by Gasteiger charge is 2.23. The second-order valence-corrected chi connectivity index (χ2v) is 7.31. The lowest BCUT2D eigenvalue weighted by molar-refractivity contribution is 0.143. The minimum absolute atomic E-state index is 0.131. The molecule has 0 saturated carbocycles. The van der Waals surface area contributed by atoms with Gasteiger partial charge in [0.15, 0.2) is 23.1 Å². The van der Waals surface area contributed by atoms with Crippen molar-refractivity contribution in [3.63, 3.8) is 0 Å². The number of anilines is 1. The number of nitrogens with zero attached hydrogens (tertiary/aromatic N) is 5. The van der Waals surface area contributed by atoms with Gasteiger partial charge in [-0.15, -0.1) is 0 Å². The van der Waals surface area contributed by atoms with Crippen LogP contribution in [0.2, 0.25) is 0 Å². The number of pyridine rings is 1. The monoisotopic (exact) mass is 399 g/mol. The van der Waals surface area contributed by atoms with Crippen molar-refractivity contribution in [1.82, 2.24) is 24.8 Å². The molecule has 10 nitrogen and oxygen atoms in total. The summed E-state index contributed by atoms with van der Waals surface area (Å²) < 4.78 is 12.6. The van der Waals surface area contributed by atoms with E-state index in [9.17, 15) is 5.11 Å². The third kappa shape index (κ3) is 4.31. The van der Waals surface area contributed by atoms with Crippen molar-refractivity contribution in [2.45, 2.75) is 39.8 Å². The van der Waals surface area contributed by atoms with Crippen LogP contribution in [0.4, 0.5) is 5.82 Å². The predicted molar refractivity (Wildman–Crippen MR) is 108 cm³/mol. The first-order chi connectivity index (χ1) is 13.7. The van der Waals surface area contributed by atoms with E-state index in [1.165, 1.54) is 0 Å². The van der Waals surface area contributed by atoms with Crippen LogP contribution in [0.15, 0.2) is 10.8 Å². The fourth-order valence-corrected chi connectivity index (χ4v) is 2.66. The highest BCUT2D eigenvalue weighted by atomic mass is 16.6. The number of imidazole rings is 1. The fourth-order valence-electron chi connectivity index (χ4n) is 2.66. The van der Waals surface area contributed by atoms with Gasteiger partial charge in [0.1, 0.15) is 22.3 Å². The molecule has 0 unspecified atom stereocenters. The van der Waals surface area contributed by atoms with Crippen molar-refractivity contribution in [3.05, 3.63) is 11.9 Å². The topological polar surface area (TPSA) is 151 Å². The van der Waals surface area contributed by atoms with Crippen molar-refractivity contribution >= 4 is 16.9 Å². The summed E-state index contributed by atoms with van der Waals surface area (Å²) in [6, 6.07) is 0. The van der Waals surface area contributed by atoms with Crippen LogP contribution in [-0.2, 0) is 6.54 Å². The molecule has 154 valence electrons. The van der Waals surface area contributed by atoms with Crippen LogP contribution in [0.1, 0.15) is 33.4 Å². The molecule has 3 aromatic heterocycles. The molecule has 0 aliphatic rings. The molecule has 3 rings (SSSR count). The number of ether oxygens (including phenoxy) is 1. The van der Waals surface area contributed by atoms with Gasteiger partial charge in [0, 0.05) is 12.5 Å². The van der Waals surface area contributed by atoms with Crippen LogP contribution >= 0.6 is 0 Å². The Hall–Kier alpha value is -3.16. The van der Waals surface area contributed by atoms with Crippen LogP contribution in [-0.4, -0.2) is 48.7 Å². The summed E-state index contributed by atoms with van der Waals surface area (Å²) in [6.07, 6.45) is 1.60. The van der Waals surface area contributed by atoms with Gasteiger partial charge in [-0.05, 0) is 43.5 Å². The molecule has 0 spiro atoms. The molecular weight excluding hydrogens is 374 g/mol. The zero-order valence-corrected chi connectivity index (χ0v) is 16.9. The minimum atomic E-state index is -1.17. The van der Waals surface area contributed by atoms with Crippen LogP contribution in [0, 0.1) is 17.8 Å². The van der Waals surface area contributed by atoms with Gasteiger partial charge in [0.25, 0.3) is 0 Å². The molecule has 0 amide bonds. The summed E-state index contributed by atoms with van der Waals surface area (Å²) >= 11 is 0. The second kappa shape index (κ2) is 8.06. The summed E-state index contributed by atoms with van der Waals surface area (Å²) in [5, 5.41) is 17.5. The van der Waals surface area contributed by atoms with Gasteiger partial charge in [0.2, 0.25) is 0 Å². The molecule has 0 radical (unpaired) electrons. The van der Waals surface area contributed by atoms with Crippen molar-refractivity contribution < 1.29 is 14.5 Å². The lowest BCUT2D eigenvalue weighted by Crippen LogP contribution is -2.18. The number of rotatable bonds is 6. The number of aromatic nitrogens is 5. The molecule has 3 heterocycles. The predicted octanol–water partition coefficient (Wildman–Crippen LogP) is 1.18. The Balaban J connectivity index is 2.24. The summed E-state index contributed by atoms with van der Waals surface area (Å²) in [4.78, 5) is 9.06. The number of hydrogen-bond donors (Lipinski definition) is 3. The maximum atomic E-state index is 9.96. The SMILES string of the molecule is CCn1c(-c2nonc2N)nc2c(C#CC(C)(C)O)ncc(OC[C@@H](C)CN)c21. The quantitative estimate of drug-likeness (QED) is 0.519. The second-order valence-electron chi connectivity index (χ2n) is 7.31. The van der Waals surface area contributed by atoms with Crippen molar-refractivity contribution in [3.8, 4) is 29.1 Å². The Bertz CT molecular complexity index is 1070. The number of nitrogen functional groups attached to an aromatic ring is 1. The largest absolute Gasteiger partial charge is 0.489 e. The summed E-state index contributed by atoms with van der Waals surface area (Å²) in [5.41, 5.74) is 12.4. The van der Waals surface area contributed by atoms with E-state index in [4.69, 9.17) is 20.8 Å². The summed E-state index contributed by atoms with van der Waals surface area (Å²) in [5.74, 6) is 6.99. The van der Waals surface area contributed by atoms with Crippen molar-refractivity contribution in [2.24, 2.45) is 11.7 Å². The van der Waals surface area contributed by atoms with E-state index in [-0.39, 0.29) is 11.7 Å². The van der Waals surface area contributed by atoms with Gasteiger partial charge in [-0.2, -0.15) is 0 Å². The number of nitrogens with two attached hydrogens (primary N) is 2. The highest BCUT2D eigenvalue weighted by molar-refractivity contribution is 5.89. The third-order valence-electron chi connectivity index (χ3n) is 4.19. The summed E-state index contributed by atoms with van der Waals surface area (Å²) in [7, 11) is 0. The molecule has 29 heavy (non-hydrogen) atoms. The maximum Gasteiger partial charge on any atom is 0.199 e. The smallest absolute Gasteiger partial charge is 0.199 e. The van der Waals surface area contributed by atoms with E-state index in [0.717, 1.165) is 0 Å². The molecule has 0 bridgehead atoms. The lowest BCUT2D eigenvalue weighted by atomic mass is 10.1. The normalized spacial score (nSPS) is 12.6. The Kier molecular flexibility index (Phi) is 5.72. The number of aliphatic hydroxyl groups is 1. The van der Waals surface area contributed by atoms with Crippen LogP contribution < -0.4 is 16.2 Å². The Labute approximate surface area is 168 Å². The maximum absolute atomic E-state index is 9.96. The Morgan fingerprint density at radius 3 is 2.72 bits per heavy atom. The molecule has 10 heteroatoms. The van der Waals surface area contributed by atoms with Crippen molar-refractivity contribution in [1.29, 1.82) is 0 Å². The molecule has 0 aliphatic carbocycles. The van der Waals surface area contributed by atoms with Gasteiger partial charge in [0.05, 0.1) is 12.8 Å². The highest BCUT2D eigenvalue weighted by Crippen LogP contribution is 2.33. The fraction of sp³-hybridized carbons (Fsp3) is 0.474. The Morgan fingerprint density at radius 1 is 1.38 bits per heavy atom. The molecule has 0 saturated heterocycles. The van der Waals surface area contributed by atoms with E-state index in [1.807, 2.05) is 18.4 Å². The molecule has 5 N–H and O–H groups in total. The van der Waals surface area contributed by atoms with Gasteiger partial charge < -0.3 is 25.9 Å². The average Bonchev–Trinajstić information content (AvgIpc) is 3.27. The van der Waals surface area contributed by atoms with Gasteiger partial charge >= 0.3 is 0 Å².